The average Bonchev–Trinajstić information content (AvgIpc) is 2.46. The maximum Gasteiger partial charge on any atom is 0.337 e. The third-order valence-corrected chi connectivity index (χ3v) is 2.70. The number of aromatic carboxylic acids is 1. The van der Waals surface area contributed by atoms with Crippen LogP contribution in [0.25, 0.3) is 11.1 Å². The van der Waals surface area contributed by atoms with Crippen LogP contribution in [-0.4, -0.2) is 19.0 Å². The quantitative estimate of drug-likeness (QED) is 0.779. The van der Waals surface area contributed by atoms with Crippen LogP contribution in [0.4, 0.5) is 0 Å². The summed E-state index contributed by atoms with van der Waals surface area (Å²) < 4.78 is 4.61. The van der Waals surface area contributed by atoms with Crippen LogP contribution in [0.15, 0.2) is 48.5 Å². The van der Waals surface area contributed by atoms with Gasteiger partial charge in [0.15, 0.2) is 0 Å². The number of esters is 1. The summed E-state index contributed by atoms with van der Waals surface area (Å²) in [6.07, 6.45) is 0. The molecule has 0 aromatic heterocycles. The summed E-state index contributed by atoms with van der Waals surface area (Å²) in [5, 5.41) is 11.0. The second-order valence-corrected chi connectivity index (χ2v) is 3.94. The molecule has 19 heavy (non-hydrogen) atoms. The minimum atomic E-state index is -1.33. The highest BCUT2D eigenvalue weighted by molar-refractivity contribution is 5.96. The number of carbonyl (C=O) groups is 2. The predicted molar refractivity (Wildman–Crippen MR) is 67.5 cm³/mol. The maximum absolute atomic E-state index is 11.5. The van der Waals surface area contributed by atoms with Gasteiger partial charge < -0.3 is 14.6 Å². The molecular weight excluding hydrogens is 244 g/mol. The first-order chi connectivity index (χ1) is 9.11. The van der Waals surface area contributed by atoms with Crippen molar-refractivity contribution in [1.82, 2.24) is 0 Å². The molecule has 0 bridgehead atoms. The van der Waals surface area contributed by atoms with Crippen molar-refractivity contribution in [2.24, 2.45) is 0 Å². The molecule has 0 spiro atoms. The number of carboxylic acid groups (broad SMARTS) is 1. The molecule has 0 atom stereocenters. The van der Waals surface area contributed by atoms with Gasteiger partial charge >= 0.3 is 5.97 Å². The van der Waals surface area contributed by atoms with Crippen LogP contribution in [0.2, 0.25) is 0 Å². The van der Waals surface area contributed by atoms with Gasteiger partial charge in [0.25, 0.3) is 0 Å². The molecule has 2 aromatic rings. The molecule has 0 fully saturated rings. The maximum atomic E-state index is 11.5. The Morgan fingerprint density at radius 1 is 0.947 bits per heavy atom. The summed E-state index contributed by atoms with van der Waals surface area (Å²) in [7, 11) is 1.25. The first-order valence-corrected chi connectivity index (χ1v) is 5.62. The lowest BCUT2D eigenvalue weighted by atomic mass is 10.00. The Morgan fingerprint density at radius 2 is 1.58 bits per heavy atom. The van der Waals surface area contributed by atoms with Crippen molar-refractivity contribution in [3.63, 3.8) is 0 Å². The highest BCUT2D eigenvalue weighted by Crippen LogP contribution is 2.22. The van der Waals surface area contributed by atoms with E-state index in [1.807, 2.05) is 30.3 Å². The summed E-state index contributed by atoms with van der Waals surface area (Å²) in [4.78, 5) is 22.5. The van der Waals surface area contributed by atoms with E-state index in [0.29, 0.717) is 5.56 Å². The predicted octanol–water partition coefficient (Wildman–Crippen LogP) is 1.50. The van der Waals surface area contributed by atoms with Gasteiger partial charge in [-0.2, -0.15) is 0 Å². The Hall–Kier alpha value is -2.62. The van der Waals surface area contributed by atoms with Gasteiger partial charge in [-0.1, -0.05) is 30.3 Å². The number of rotatable bonds is 3. The Balaban J connectivity index is 2.58. The molecule has 0 aliphatic carbocycles. The molecule has 4 heteroatoms. The van der Waals surface area contributed by atoms with E-state index in [1.165, 1.54) is 19.2 Å². The molecule has 0 heterocycles. The summed E-state index contributed by atoms with van der Waals surface area (Å²) in [5.74, 6) is -1.91. The third-order valence-electron chi connectivity index (χ3n) is 2.70. The average molecular weight is 255 g/mol. The Bertz CT molecular complexity index is 617. The van der Waals surface area contributed by atoms with Crippen LogP contribution in [0.1, 0.15) is 20.7 Å². The van der Waals surface area contributed by atoms with Gasteiger partial charge in [-0.15, -0.1) is 0 Å². The molecule has 0 amide bonds. The van der Waals surface area contributed by atoms with Crippen molar-refractivity contribution < 1.29 is 19.4 Å². The SMILES string of the molecule is COC(=O)c1cc(C(=O)[O-])cc(-c2ccccc2)c1. The van der Waals surface area contributed by atoms with Gasteiger partial charge in [0.2, 0.25) is 0 Å². The number of benzene rings is 2. The first-order valence-electron chi connectivity index (χ1n) is 5.62. The standard InChI is InChI=1S/C15H12O4/c1-19-15(18)13-8-11(7-12(9-13)14(16)17)10-5-3-2-4-6-10/h2-9H,1H3,(H,16,17)/p-1. The number of hydrogen-bond donors (Lipinski definition) is 0. The fourth-order valence-electron chi connectivity index (χ4n) is 1.78. The van der Waals surface area contributed by atoms with E-state index >= 15 is 0 Å². The van der Waals surface area contributed by atoms with Crippen LogP contribution >= 0.6 is 0 Å². The van der Waals surface area contributed by atoms with Crippen molar-refractivity contribution >= 4 is 11.9 Å². The van der Waals surface area contributed by atoms with Crippen molar-refractivity contribution in [2.75, 3.05) is 7.11 Å². The third kappa shape index (κ3) is 2.80. The lowest BCUT2D eigenvalue weighted by Crippen LogP contribution is -2.22. The monoisotopic (exact) mass is 255 g/mol. The molecule has 2 rings (SSSR count). The molecule has 4 nitrogen and oxygen atoms in total. The number of hydrogen-bond acceptors (Lipinski definition) is 4. The molecule has 96 valence electrons. The Kier molecular flexibility index (Phi) is 3.61. The van der Waals surface area contributed by atoms with Gasteiger partial charge in [0.1, 0.15) is 0 Å². The van der Waals surface area contributed by atoms with Crippen LogP contribution in [0.5, 0.6) is 0 Å². The normalized spacial score (nSPS) is 9.95. The van der Waals surface area contributed by atoms with Crippen LogP contribution in [-0.2, 0) is 4.74 Å². The largest absolute Gasteiger partial charge is 0.545 e. The van der Waals surface area contributed by atoms with Gasteiger partial charge in [0.05, 0.1) is 18.6 Å². The Labute approximate surface area is 110 Å². The number of methoxy groups -OCH3 is 1. The molecule has 0 unspecified atom stereocenters. The zero-order valence-corrected chi connectivity index (χ0v) is 10.3. The highest BCUT2D eigenvalue weighted by atomic mass is 16.5. The molecule has 0 aliphatic heterocycles. The zero-order chi connectivity index (χ0) is 13.8. The number of carbonyl (C=O) groups excluding carboxylic acids is 2. The molecule has 0 saturated heterocycles. The molecule has 0 radical (unpaired) electrons. The minimum Gasteiger partial charge on any atom is -0.545 e. The minimum absolute atomic E-state index is 0.0539. The molecule has 2 aromatic carbocycles. The van der Waals surface area contributed by atoms with E-state index in [4.69, 9.17) is 0 Å². The summed E-state index contributed by atoms with van der Waals surface area (Å²) >= 11 is 0. The van der Waals surface area contributed by atoms with E-state index < -0.39 is 11.9 Å². The highest BCUT2D eigenvalue weighted by Gasteiger charge is 2.10. The van der Waals surface area contributed by atoms with Crippen LogP contribution < -0.4 is 5.11 Å². The van der Waals surface area contributed by atoms with E-state index in [1.54, 1.807) is 6.07 Å². The topological polar surface area (TPSA) is 66.4 Å². The second-order valence-electron chi connectivity index (χ2n) is 3.94. The van der Waals surface area contributed by atoms with Crippen molar-refractivity contribution in [3.8, 4) is 11.1 Å². The van der Waals surface area contributed by atoms with Gasteiger partial charge in [-0.05, 0) is 34.9 Å². The van der Waals surface area contributed by atoms with Gasteiger partial charge in [-0.25, -0.2) is 4.79 Å². The number of carboxylic acids is 1. The van der Waals surface area contributed by atoms with Crippen LogP contribution in [0.3, 0.4) is 0 Å². The molecule has 0 saturated carbocycles. The summed E-state index contributed by atoms with van der Waals surface area (Å²) in [6.45, 7) is 0. The van der Waals surface area contributed by atoms with Crippen molar-refractivity contribution in [3.05, 3.63) is 59.7 Å². The van der Waals surface area contributed by atoms with Gasteiger partial charge in [-0.3, -0.25) is 0 Å². The molecular formula is C15H11O4-. The lowest BCUT2D eigenvalue weighted by molar-refractivity contribution is -0.255. The van der Waals surface area contributed by atoms with Crippen molar-refractivity contribution in [1.29, 1.82) is 0 Å². The smallest absolute Gasteiger partial charge is 0.337 e. The second kappa shape index (κ2) is 5.35. The zero-order valence-electron chi connectivity index (χ0n) is 10.3. The van der Waals surface area contributed by atoms with E-state index in [2.05, 4.69) is 4.74 Å². The van der Waals surface area contributed by atoms with E-state index in [9.17, 15) is 14.7 Å². The first kappa shape index (κ1) is 12.8. The fourth-order valence-corrected chi connectivity index (χ4v) is 1.78. The molecule has 0 N–H and O–H groups in total. The fraction of sp³-hybridized carbons (Fsp3) is 0.0667. The number of ether oxygens (including phenoxy) is 1. The summed E-state index contributed by atoms with van der Waals surface area (Å²) in [5.41, 5.74) is 1.57. The Morgan fingerprint density at radius 3 is 2.16 bits per heavy atom. The van der Waals surface area contributed by atoms with E-state index in [0.717, 1.165) is 5.56 Å². The summed E-state index contributed by atoms with van der Waals surface area (Å²) in [6, 6.07) is 13.5. The lowest BCUT2D eigenvalue weighted by Gasteiger charge is -2.09. The van der Waals surface area contributed by atoms with Gasteiger partial charge in [0, 0.05) is 0 Å². The van der Waals surface area contributed by atoms with Crippen molar-refractivity contribution in [2.45, 2.75) is 0 Å². The van der Waals surface area contributed by atoms with E-state index in [-0.39, 0.29) is 11.1 Å². The van der Waals surface area contributed by atoms with Crippen LogP contribution in [0, 0.1) is 0 Å². The molecule has 0 aliphatic rings.